The maximum atomic E-state index is 13.0. The number of nitrogens with one attached hydrogen (secondary N) is 2. The Labute approximate surface area is 182 Å². The third-order valence-corrected chi connectivity index (χ3v) is 7.02. The van der Waals surface area contributed by atoms with E-state index < -0.39 is 10.0 Å². The minimum atomic E-state index is -3.56. The van der Waals surface area contributed by atoms with E-state index in [1.165, 1.54) is 0 Å². The fraction of sp³-hybridized carbons (Fsp3) is 0.304. The molecule has 1 unspecified atom stereocenters. The van der Waals surface area contributed by atoms with E-state index in [-0.39, 0.29) is 16.7 Å². The fourth-order valence-electron chi connectivity index (χ4n) is 3.80. The molecule has 1 fully saturated rings. The van der Waals surface area contributed by atoms with Crippen molar-refractivity contribution in [1.82, 2.24) is 19.8 Å². The molecular weight excluding hydrogens is 412 g/mol. The second kappa shape index (κ2) is 9.03. The number of nitrogens with zero attached hydrogens (tertiary/aromatic N) is 2. The molecule has 1 aliphatic rings. The first-order valence-electron chi connectivity index (χ1n) is 10.4. The van der Waals surface area contributed by atoms with Crippen LogP contribution in [-0.4, -0.2) is 49.1 Å². The number of benzene rings is 2. The van der Waals surface area contributed by atoms with Crippen molar-refractivity contribution >= 4 is 15.9 Å². The van der Waals surface area contributed by atoms with E-state index in [2.05, 4.69) is 14.9 Å². The van der Waals surface area contributed by atoms with Gasteiger partial charge in [-0.25, -0.2) is 13.1 Å². The van der Waals surface area contributed by atoms with Gasteiger partial charge in [-0.15, -0.1) is 0 Å². The molecular formula is C23H26N4O3S. The minimum Gasteiger partial charge on any atom is -0.337 e. The Morgan fingerprint density at radius 1 is 1.16 bits per heavy atom. The topological polar surface area (TPSA) is 95.2 Å². The van der Waals surface area contributed by atoms with Gasteiger partial charge in [0.15, 0.2) is 0 Å². The Balaban J connectivity index is 1.38. The number of likely N-dealkylation sites (tertiary alicyclic amines) is 1. The van der Waals surface area contributed by atoms with Crippen molar-refractivity contribution in [1.29, 1.82) is 0 Å². The number of piperidine rings is 1. The van der Waals surface area contributed by atoms with E-state index in [0.717, 1.165) is 29.7 Å². The number of carbonyl (C=O) groups excluding carboxylic acids is 1. The van der Waals surface area contributed by atoms with Crippen LogP contribution in [0.5, 0.6) is 0 Å². The van der Waals surface area contributed by atoms with Gasteiger partial charge in [0.25, 0.3) is 5.91 Å². The molecule has 0 radical (unpaired) electrons. The van der Waals surface area contributed by atoms with E-state index in [4.69, 9.17) is 0 Å². The molecule has 162 valence electrons. The van der Waals surface area contributed by atoms with Crippen LogP contribution < -0.4 is 4.72 Å². The van der Waals surface area contributed by atoms with E-state index in [1.807, 2.05) is 37.3 Å². The van der Waals surface area contributed by atoms with Gasteiger partial charge in [0, 0.05) is 25.2 Å². The van der Waals surface area contributed by atoms with Crippen molar-refractivity contribution in [2.24, 2.45) is 5.92 Å². The second-order valence-corrected chi connectivity index (χ2v) is 9.72. The Morgan fingerprint density at radius 2 is 1.90 bits per heavy atom. The van der Waals surface area contributed by atoms with Crippen LogP contribution in [0.4, 0.5) is 0 Å². The number of hydrogen-bond acceptors (Lipinski definition) is 4. The largest absolute Gasteiger partial charge is 0.337 e. The summed E-state index contributed by atoms with van der Waals surface area (Å²) in [6, 6.07) is 18.2. The molecule has 0 bridgehead atoms. The van der Waals surface area contributed by atoms with Gasteiger partial charge in [-0.2, -0.15) is 5.10 Å². The highest BCUT2D eigenvalue weighted by Crippen LogP contribution is 2.21. The molecule has 1 aromatic heterocycles. The highest BCUT2D eigenvalue weighted by molar-refractivity contribution is 7.89. The highest BCUT2D eigenvalue weighted by Gasteiger charge is 2.27. The first-order valence-corrected chi connectivity index (χ1v) is 11.9. The van der Waals surface area contributed by atoms with Gasteiger partial charge < -0.3 is 4.90 Å². The molecule has 0 spiro atoms. The number of H-pyrrole nitrogens is 1. The molecule has 1 atom stereocenters. The SMILES string of the molecule is Cc1ccc(S(=O)(=O)NCC2CCCN(C(=O)c3cc(-c4ccccc4)n[nH]3)C2)cc1. The highest BCUT2D eigenvalue weighted by atomic mass is 32.2. The molecule has 1 saturated heterocycles. The van der Waals surface area contributed by atoms with Crippen molar-refractivity contribution in [3.63, 3.8) is 0 Å². The molecule has 4 rings (SSSR count). The van der Waals surface area contributed by atoms with Crippen molar-refractivity contribution in [2.45, 2.75) is 24.7 Å². The van der Waals surface area contributed by atoms with Crippen molar-refractivity contribution in [3.8, 4) is 11.3 Å². The van der Waals surface area contributed by atoms with Gasteiger partial charge in [-0.3, -0.25) is 9.89 Å². The molecule has 7 nitrogen and oxygen atoms in total. The molecule has 2 N–H and O–H groups in total. The number of aromatic nitrogens is 2. The summed E-state index contributed by atoms with van der Waals surface area (Å²) < 4.78 is 27.8. The van der Waals surface area contributed by atoms with Crippen molar-refractivity contribution in [3.05, 3.63) is 71.9 Å². The van der Waals surface area contributed by atoms with Gasteiger partial charge >= 0.3 is 0 Å². The fourth-order valence-corrected chi connectivity index (χ4v) is 4.92. The third kappa shape index (κ3) is 5.03. The molecule has 1 amide bonds. The maximum absolute atomic E-state index is 13.0. The van der Waals surface area contributed by atoms with Gasteiger partial charge in [0.2, 0.25) is 10.0 Å². The monoisotopic (exact) mass is 438 g/mol. The zero-order valence-electron chi connectivity index (χ0n) is 17.4. The van der Waals surface area contributed by atoms with Crippen molar-refractivity contribution < 1.29 is 13.2 Å². The summed E-state index contributed by atoms with van der Waals surface area (Å²) in [5.74, 6) is -0.0461. The summed E-state index contributed by atoms with van der Waals surface area (Å²) in [6.45, 7) is 3.38. The Morgan fingerprint density at radius 3 is 2.65 bits per heavy atom. The van der Waals surface area contributed by atoms with Crippen LogP contribution in [0, 0.1) is 12.8 Å². The molecule has 8 heteroatoms. The molecule has 2 heterocycles. The van der Waals surface area contributed by atoms with Crippen LogP contribution in [-0.2, 0) is 10.0 Å². The Hall–Kier alpha value is -2.97. The van der Waals surface area contributed by atoms with Crippen LogP contribution in [0.25, 0.3) is 11.3 Å². The molecule has 1 aliphatic heterocycles. The van der Waals surface area contributed by atoms with Crippen LogP contribution in [0.15, 0.2) is 65.6 Å². The zero-order chi connectivity index (χ0) is 21.8. The summed E-state index contributed by atoms with van der Waals surface area (Å²) in [6.07, 6.45) is 1.71. The number of amides is 1. The summed E-state index contributed by atoms with van der Waals surface area (Å²) in [5, 5.41) is 7.11. The molecule has 3 aromatic rings. The average Bonchev–Trinajstić information content (AvgIpc) is 3.29. The van der Waals surface area contributed by atoms with E-state index in [0.29, 0.717) is 25.3 Å². The average molecular weight is 439 g/mol. The number of rotatable bonds is 6. The Kier molecular flexibility index (Phi) is 6.20. The van der Waals surface area contributed by atoms with Gasteiger partial charge in [-0.1, -0.05) is 48.0 Å². The molecule has 2 aromatic carbocycles. The standard InChI is InChI=1S/C23H26N4O3S/c1-17-9-11-20(12-10-17)31(29,30)24-15-18-6-5-13-27(16-18)23(28)22-14-21(25-26-22)19-7-3-2-4-8-19/h2-4,7-12,14,18,24H,5-6,13,15-16H2,1H3,(H,25,26). The number of aryl methyl sites for hydroxylation is 1. The summed E-state index contributed by atoms with van der Waals surface area (Å²) in [4.78, 5) is 15.0. The predicted octanol–water partition coefficient (Wildman–Crippen LogP) is 3.22. The summed E-state index contributed by atoms with van der Waals surface area (Å²) in [7, 11) is -3.56. The normalized spacial score (nSPS) is 16.9. The van der Waals surface area contributed by atoms with Crippen LogP contribution in [0.1, 0.15) is 28.9 Å². The third-order valence-electron chi connectivity index (χ3n) is 5.58. The lowest BCUT2D eigenvalue weighted by atomic mass is 9.98. The van der Waals surface area contributed by atoms with Crippen molar-refractivity contribution in [2.75, 3.05) is 19.6 Å². The summed E-state index contributed by atoms with van der Waals surface area (Å²) >= 11 is 0. The first kappa shape index (κ1) is 21.3. The second-order valence-electron chi connectivity index (χ2n) is 7.96. The zero-order valence-corrected chi connectivity index (χ0v) is 18.2. The van der Waals surface area contributed by atoms with E-state index in [9.17, 15) is 13.2 Å². The van der Waals surface area contributed by atoms with Gasteiger partial charge in [0.05, 0.1) is 10.6 Å². The van der Waals surface area contributed by atoms with Gasteiger partial charge in [0.1, 0.15) is 5.69 Å². The Bertz CT molecular complexity index is 1140. The number of carbonyl (C=O) groups is 1. The molecule has 0 saturated carbocycles. The van der Waals surface area contributed by atoms with E-state index in [1.54, 1.807) is 35.2 Å². The lowest BCUT2D eigenvalue weighted by Gasteiger charge is -2.32. The number of hydrogen-bond donors (Lipinski definition) is 2. The predicted molar refractivity (Wildman–Crippen MR) is 119 cm³/mol. The summed E-state index contributed by atoms with van der Waals surface area (Å²) in [5.41, 5.74) is 3.12. The molecule has 0 aliphatic carbocycles. The maximum Gasteiger partial charge on any atom is 0.271 e. The number of sulfonamides is 1. The van der Waals surface area contributed by atoms with Crippen LogP contribution >= 0.6 is 0 Å². The quantitative estimate of drug-likeness (QED) is 0.618. The van der Waals surface area contributed by atoms with E-state index >= 15 is 0 Å². The van der Waals surface area contributed by atoms with Crippen LogP contribution in [0.3, 0.4) is 0 Å². The smallest absolute Gasteiger partial charge is 0.271 e. The first-order chi connectivity index (χ1) is 14.9. The molecule has 31 heavy (non-hydrogen) atoms. The number of aromatic amines is 1. The minimum absolute atomic E-state index is 0.0643. The van der Waals surface area contributed by atoms with Crippen LogP contribution in [0.2, 0.25) is 0 Å². The lowest BCUT2D eigenvalue weighted by Crippen LogP contribution is -2.43. The van der Waals surface area contributed by atoms with Gasteiger partial charge in [-0.05, 0) is 43.9 Å². The lowest BCUT2D eigenvalue weighted by molar-refractivity contribution is 0.0670.